The molecule has 92 valence electrons. The number of para-hydroxylation sites is 1. The van der Waals surface area contributed by atoms with Crippen molar-refractivity contribution >= 4 is 28.2 Å². The Labute approximate surface area is 104 Å². The predicted molar refractivity (Wildman–Crippen MR) is 71.3 cm³/mol. The van der Waals surface area contributed by atoms with Crippen molar-refractivity contribution in [1.29, 1.82) is 0 Å². The number of aldehydes is 1. The zero-order valence-electron chi connectivity index (χ0n) is 10.6. The number of carbonyl (C=O) groups excluding carboxylic acids is 1. The molecule has 0 unspecified atom stereocenters. The van der Waals surface area contributed by atoms with Crippen LogP contribution in [0.4, 0.5) is 0 Å². The predicted octanol–water partition coefficient (Wildman–Crippen LogP) is 2.49. The van der Waals surface area contributed by atoms with E-state index in [1.54, 1.807) is 7.11 Å². The Morgan fingerprint density at radius 2 is 1.94 bits per heavy atom. The highest BCUT2D eigenvalue weighted by atomic mass is 16.5. The van der Waals surface area contributed by atoms with Crippen molar-refractivity contribution in [3.8, 4) is 5.75 Å². The summed E-state index contributed by atoms with van der Waals surface area (Å²) in [5, 5.41) is 1.10. The van der Waals surface area contributed by atoms with Crippen molar-refractivity contribution in [2.24, 2.45) is 14.1 Å². The summed E-state index contributed by atoms with van der Waals surface area (Å²) in [6.45, 7) is 0. The number of hydrogen-bond acceptors (Lipinski definition) is 2. The molecule has 18 heavy (non-hydrogen) atoms. The van der Waals surface area contributed by atoms with E-state index in [1.807, 2.05) is 36.9 Å². The van der Waals surface area contributed by atoms with Gasteiger partial charge < -0.3 is 13.9 Å². The number of nitrogens with zero attached hydrogens (tertiary/aromatic N) is 2. The van der Waals surface area contributed by atoms with E-state index in [9.17, 15) is 4.79 Å². The van der Waals surface area contributed by atoms with Crippen molar-refractivity contribution < 1.29 is 9.53 Å². The maximum absolute atomic E-state index is 11.0. The second-order valence-electron chi connectivity index (χ2n) is 4.40. The lowest BCUT2D eigenvalue weighted by Crippen LogP contribution is -1.94. The summed E-state index contributed by atoms with van der Waals surface area (Å²) in [7, 11) is 5.57. The van der Waals surface area contributed by atoms with Crippen LogP contribution in [-0.2, 0) is 14.1 Å². The van der Waals surface area contributed by atoms with Crippen LogP contribution in [0.5, 0.6) is 5.75 Å². The number of methoxy groups -OCH3 is 1. The fraction of sp³-hybridized carbons (Fsp3) is 0.214. The number of aryl methyl sites for hydroxylation is 2. The molecule has 3 aromatic rings. The number of fused-ring (bicyclic) bond motifs is 3. The molecule has 0 aliphatic carbocycles. The van der Waals surface area contributed by atoms with E-state index < -0.39 is 0 Å². The Balaban J connectivity index is 2.57. The maximum atomic E-state index is 11.0. The third-order valence-corrected chi connectivity index (χ3v) is 3.54. The lowest BCUT2D eigenvalue weighted by molar-refractivity contribution is 0.111. The molecule has 0 radical (unpaired) electrons. The molecule has 0 aliphatic heterocycles. The minimum atomic E-state index is 0.681. The summed E-state index contributed by atoms with van der Waals surface area (Å²) in [5.74, 6) is 0.846. The molecule has 0 fully saturated rings. The summed E-state index contributed by atoms with van der Waals surface area (Å²) in [6, 6.07) is 7.87. The highest BCUT2D eigenvalue weighted by Crippen LogP contribution is 2.34. The minimum Gasteiger partial charge on any atom is -0.495 e. The van der Waals surface area contributed by atoms with Gasteiger partial charge in [0.2, 0.25) is 0 Å². The van der Waals surface area contributed by atoms with Gasteiger partial charge in [0, 0.05) is 19.5 Å². The van der Waals surface area contributed by atoms with Gasteiger partial charge in [-0.1, -0.05) is 12.1 Å². The standard InChI is InChI=1S/C14H14N2O2/c1-15-9(8-17)7-11-13(15)10-5-4-6-12(18-3)14(10)16(11)2/h4-8H,1-3H3. The minimum absolute atomic E-state index is 0.681. The van der Waals surface area contributed by atoms with Gasteiger partial charge in [0.1, 0.15) is 5.75 Å². The van der Waals surface area contributed by atoms with Crippen LogP contribution in [-0.4, -0.2) is 22.5 Å². The second-order valence-corrected chi connectivity index (χ2v) is 4.40. The Morgan fingerprint density at radius 1 is 1.17 bits per heavy atom. The van der Waals surface area contributed by atoms with Gasteiger partial charge in [-0.15, -0.1) is 0 Å². The third-order valence-electron chi connectivity index (χ3n) is 3.54. The summed E-state index contributed by atoms with van der Waals surface area (Å²) < 4.78 is 9.39. The fourth-order valence-electron chi connectivity index (χ4n) is 2.64. The first-order valence-electron chi connectivity index (χ1n) is 5.75. The third kappa shape index (κ3) is 1.17. The van der Waals surface area contributed by atoms with Crippen LogP contribution in [0.1, 0.15) is 10.5 Å². The van der Waals surface area contributed by atoms with Crippen LogP contribution >= 0.6 is 0 Å². The zero-order chi connectivity index (χ0) is 12.9. The van der Waals surface area contributed by atoms with E-state index in [0.717, 1.165) is 34.0 Å². The number of benzene rings is 1. The summed E-state index contributed by atoms with van der Waals surface area (Å²) in [4.78, 5) is 11.0. The van der Waals surface area contributed by atoms with Crippen LogP contribution in [0, 0.1) is 0 Å². The van der Waals surface area contributed by atoms with Crippen molar-refractivity contribution in [3.05, 3.63) is 30.0 Å². The highest BCUT2D eigenvalue weighted by Gasteiger charge is 2.16. The smallest absolute Gasteiger partial charge is 0.166 e. The molecule has 0 spiro atoms. The SMILES string of the molecule is COc1cccc2c3c(cc(C=O)n3C)n(C)c12. The lowest BCUT2D eigenvalue weighted by Gasteiger charge is -2.04. The van der Waals surface area contributed by atoms with Crippen molar-refractivity contribution in [3.63, 3.8) is 0 Å². The van der Waals surface area contributed by atoms with E-state index in [1.165, 1.54) is 0 Å². The summed E-state index contributed by atoms with van der Waals surface area (Å²) in [5.41, 5.74) is 3.84. The zero-order valence-corrected chi connectivity index (χ0v) is 10.6. The van der Waals surface area contributed by atoms with Crippen LogP contribution < -0.4 is 4.74 Å². The van der Waals surface area contributed by atoms with E-state index in [-0.39, 0.29) is 0 Å². The first kappa shape index (κ1) is 10.9. The van der Waals surface area contributed by atoms with Crippen LogP contribution in [0.2, 0.25) is 0 Å². The van der Waals surface area contributed by atoms with Gasteiger partial charge in [-0.25, -0.2) is 0 Å². The monoisotopic (exact) mass is 242 g/mol. The largest absolute Gasteiger partial charge is 0.495 e. The Kier molecular flexibility index (Phi) is 2.20. The highest BCUT2D eigenvalue weighted by molar-refractivity contribution is 6.10. The molecule has 0 N–H and O–H groups in total. The van der Waals surface area contributed by atoms with Crippen LogP contribution in [0.15, 0.2) is 24.3 Å². The molecule has 2 heterocycles. The average molecular weight is 242 g/mol. The first-order valence-corrected chi connectivity index (χ1v) is 5.75. The Morgan fingerprint density at radius 3 is 2.61 bits per heavy atom. The van der Waals surface area contributed by atoms with Gasteiger partial charge in [-0.3, -0.25) is 4.79 Å². The molecule has 1 aromatic carbocycles. The number of rotatable bonds is 2. The van der Waals surface area contributed by atoms with E-state index in [2.05, 4.69) is 10.6 Å². The van der Waals surface area contributed by atoms with Gasteiger partial charge in [0.05, 0.1) is 29.4 Å². The molecule has 0 amide bonds. The molecule has 0 saturated carbocycles. The van der Waals surface area contributed by atoms with E-state index in [0.29, 0.717) is 5.69 Å². The van der Waals surface area contributed by atoms with E-state index >= 15 is 0 Å². The molecule has 0 aliphatic rings. The molecule has 4 heteroatoms. The quantitative estimate of drug-likeness (QED) is 0.647. The molecule has 2 aromatic heterocycles. The summed E-state index contributed by atoms with van der Waals surface area (Å²) in [6.07, 6.45) is 0.881. The van der Waals surface area contributed by atoms with Gasteiger partial charge in [-0.05, 0) is 12.1 Å². The maximum Gasteiger partial charge on any atom is 0.166 e. The normalized spacial score (nSPS) is 11.3. The van der Waals surface area contributed by atoms with Crippen molar-refractivity contribution in [2.45, 2.75) is 0 Å². The molecule has 0 saturated heterocycles. The molecule has 0 bridgehead atoms. The molecule has 4 nitrogen and oxygen atoms in total. The second kappa shape index (κ2) is 3.63. The average Bonchev–Trinajstić information content (AvgIpc) is 2.87. The lowest BCUT2D eigenvalue weighted by atomic mass is 10.2. The molecule has 0 atom stereocenters. The number of carbonyl (C=O) groups is 1. The number of ether oxygens (including phenoxy) is 1. The van der Waals surface area contributed by atoms with Crippen molar-refractivity contribution in [2.75, 3.05) is 7.11 Å². The van der Waals surface area contributed by atoms with Crippen LogP contribution in [0.3, 0.4) is 0 Å². The van der Waals surface area contributed by atoms with Gasteiger partial charge in [-0.2, -0.15) is 0 Å². The Bertz CT molecular complexity index is 765. The number of aromatic nitrogens is 2. The van der Waals surface area contributed by atoms with Gasteiger partial charge in [0.25, 0.3) is 0 Å². The molecular formula is C14H14N2O2. The number of hydrogen-bond donors (Lipinski definition) is 0. The van der Waals surface area contributed by atoms with Gasteiger partial charge in [0.15, 0.2) is 6.29 Å². The summed E-state index contributed by atoms with van der Waals surface area (Å²) >= 11 is 0. The molecular weight excluding hydrogens is 228 g/mol. The van der Waals surface area contributed by atoms with Crippen LogP contribution in [0.25, 0.3) is 21.9 Å². The Hall–Kier alpha value is -2.23. The first-order chi connectivity index (χ1) is 8.69. The fourth-order valence-corrected chi connectivity index (χ4v) is 2.64. The topological polar surface area (TPSA) is 36.2 Å². The van der Waals surface area contributed by atoms with Crippen molar-refractivity contribution in [1.82, 2.24) is 9.13 Å². The van der Waals surface area contributed by atoms with Gasteiger partial charge >= 0.3 is 0 Å². The van der Waals surface area contributed by atoms with E-state index in [4.69, 9.17) is 4.74 Å². The molecule has 3 rings (SSSR count).